The summed E-state index contributed by atoms with van der Waals surface area (Å²) in [5.41, 5.74) is 1.44. The lowest BCUT2D eigenvalue weighted by Crippen LogP contribution is -1.99. The molecule has 0 fully saturated rings. The molecule has 2 rings (SSSR count). The number of phenols is 1. The Labute approximate surface area is 139 Å². The van der Waals surface area contributed by atoms with Crippen LogP contribution in [-0.2, 0) is 0 Å². The summed E-state index contributed by atoms with van der Waals surface area (Å²) >= 11 is 0. The number of para-hydroxylation sites is 1. The molecule has 1 unspecified atom stereocenters. The van der Waals surface area contributed by atoms with Crippen molar-refractivity contribution in [1.29, 1.82) is 0 Å². The van der Waals surface area contributed by atoms with Crippen LogP contribution >= 0.6 is 0 Å². The van der Waals surface area contributed by atoms with Gasteiger partial charge in [-0.15, -0.1) is 0 Å². The molecule has 23 heavy (non-hydrogen) atoms. The summed E-state index contributed by atoms with van der Waals surface area (Å²) in [6, 6.07) is 7.20. The maximum atomic E-state index is 10.5. The zero-order valence-corrected chi connectivity index (χ0v) is 14.2. The smallest absolute Gasteiger partial charge is 0.141 e. The van der Waals surface area contributed by atoms with Crippen LogP contribution < -0.4 is 0 Å². The SMILES string of the molecule is CCCCCCCCCCC(O)c1ccnc2c(O)cccc12. The number of aromatic hydroxyl groups is 1. The summed E-state index contributed by atoms with van der Waals surface area (Å²) in [5, 5.41) is 21.2. The summed E-state index contributed by atoms with van der Waals surface area (Å²) < 4.78 is 0. The number of rotatable bonds is 10. The van der Waals surface area contributed by atoms with E-state index in [4.69, 9.17) is 0 Å². The number of unbranched alkanes of at least 4 members (excludes halogenated alkanes) is 7. The molecule has 0 aliphatic rings. The van der Waals surface area contributed by atoms with Crippen LogP contribution in [-0.4, -0.2) is 15.2 Å². The van der Waals surface area contributed by atoms with Crippen molar-refractivity contribution in [3.05, 3.63) is 36.0 Å². The van der Waals surface area contributed by atoms with E-state index < -0.39 is 6.10 Å². The van der Waals surface area contributed by atoms with E-state index in [0.717, 1.165) is 23.8 Å². The highest BCUT2D eigenvalue weighted by Crippen LogP contribution is 2.30. The van der Waals surface area contributed by atoms with E-state index >= 15 is 0 Å². The predicted molar refractivity (Wildman–Crippen MR) is 95.6 cm³/mol. The number of pyridine rings is 1. The van der Waals surface area contributed by atoms with E-state index in [9.17, 15) is 10.2 Å². The highest BCUT2D eigenvalue weighted by atomic mass is 16.3. The second-order valence-electron chi connectivity index (χ2n) is 6.35. The number of aromatic nitrogens is 1. The van der Waals surface area contributed by atoms with Gasteiger partial charge >= 0.3 is 0 Å². The van der Waals surface area contributed by atoms with Gasteiger partial charge in [0.05, 0.1) is 6.10 Å². The Balaban J connectivity index is 1.80. The molecule has 0 saturated heterocycles. The molecule has 3 nitrogen and oxygen atoms in total. The lowest BCUT2D eigenvalue weighted by atomic mass is 9.98. The van der Waals surface area contributed by atoms with Crippen LogP contribution in [0, 0.1) is 0 Å². The Bertz CT molecular complexity index is 597. The molecule has 0 saturated carbocycles. The third-order valence-electron chi connectivity index (χ3n) is 4.47. The monoisotopic (exact) mass is 315 g/mol. The molecule has 0 aliphatic carbocycles. The van der Waals surface area contributed by atoms with Crippen molar-refractivity contribution < 1.29 is 10.2 Å². The molecule has 1 atom stereocenters. The fourth-order valence-electron chi connectivity index (χ4n) is 3.10. The Hall–Kier alpha value is -1.61. The van der Waals surface area contributed by atoms with Gasteiger partial charge in [-0.05, 0) is 24.1 Å². The van der Waals surface area contributed by atoms with Gasteiger partial charge in [-0.1, -0.05) is 70.4 Å². The highest BCUT2D eigenvalue weighted by Gasteiger charge is 2.12. The number of fused-ring (bicyclic) bond motifs is 1. The Morgan fingerprint density at radius 2 is 1.65 bits per heavy atom. The van der Waals surface area contributed by atoms with Crippen molar-refractivity contribution in [2.24, 2.45) is 0 Å². The molecule has 0 amide bonds. The van der Waals surface area contributed by atoms with E-state index in [1.165, 1.54) is 44.9 Å². The second kappa shape index (κ2) is 9.51. The number of nitrogens with zero attached hydrogens (tertiary/aromatic N) is 1. The van der Waals surface area contributed by atoms with E-state index in [1.54, 1.807) is 18.3 Å². The van der Waals surface area contributed by atoms with Gasteiger partial charge in [-0.3, -0.25) is 4.98 Å². The molecule has 2 aromatic rings. The van der Waals surface area contributed by atoms with Crippen LogP contribution in [0.1, 0.15) is 76.4 Å². The van der Waals surface area contributed by atoms with Gasteiger partial charge in [0.15, 0.2) is 0 Å². The quantitative estimate of drug-likeness (QED) is 0.569. The molecule has 0 aliphatic heterocycles. The van der Waals surface area contributed by atoms with Gasteiger partial charge in [0.1, 0.15) is 11.3 Å². The summed E-state index contributed by atoms with van der Waals surface area (Å²) in [5.74, 6) is 0.170. The van der Waals surface area contributed by atoms with Crippen LogP contribution in [0.5, 0.6) is 5.75 Å². The molecule has 0 bridgehead atoms. The maximum Gasteiger partial charge on any atom is 0.141 e. The Kier molecular flexibility index (Phi) is 7.34. The summed E-state index contributed by atoms with van der Waals surface area (Å²) in [6.07, 6.45) is 12.1. The molecular weight excluding hydrogens is 286 g/mol. The van der Waals surface area contributed by atoms with Crippen LogP contribution in [0.2, 0.25) is 0 Å². The Morgan fingerprint density at radius 1 is 0.957 bits per heavy atom. The minimum absolute atomic E-state index is 0.170. The summed E-state index contributed by atoms with van der Waals surface area (Å²) in [7, 11) is 0. The standard InChI is InChI=1S/C20H29NO2/c1-2-3-4-5-6-7-8-9-12-18(22)16-14-15-21-20-17(16)11-10-13-19(20)23/h10-11,13-15,18,22-23H,2-9,12H2,1H3. The summed E-state index contributed by atoms with van der Waals surface area (Å²) in [4.78, 5) is 4.21. The fourth-order valence-corrected chi connectivity index (χ4v) is 3.10. The van der Waals surface area contributed by atoms with E-state index in [2.05, 4.69) is 11.9 Å². The van der Waals surface area contributed by atoms with Gasteiger partial charge in [0, 0.05) is 11.6 Å². The van der Waals surface area contributed by atoms with Crippen molar-refractivity contribution in [3.8, 4) is 5.75 Å². The number of aliphatic hydroxyl groups is 1. The zero-order chi connectivity index (χ0) is 16.5. The first-order chi connectivity index (χ1) is 11.2. The minimum atomic E-state index is -0.484. The van der Waals surface area contributed by atoms with Crippen molar-refractivity contribution in [2.75, 3.05) is 0 Å². The van der Waals surface area contributed by atoms with Crippen LogP contribution in [0.3, 0.4) is 0 Å². The van der Waals surface area contributed by atoms with E-state index in [-0.39, 0.29) is 5.75 Å². The lowest BCUT2D eigenvalue weighted by molar-refractivity contribution is 0.164. The summed E-state index contributed by atoms with van der Waals surface area (Å²) in [6.45, 7) is 2.24. The second-order valence-corrected chi connectivity index (χ2v) is 6.35. The molecule has 3 heteroatoms. The van der Waals surface area contributed by atoms with Crippen LogP contribution in [0.25, 0.3) is 10.9 Å². The van der Waals surface area contributed by atoms with Crippen molar-refractivity contribution >= 4 is 10.9 Å². The molecule has 0 radical (unpaired) electrons. The molecule has 2 N–H and O–H groups in total. The molecule has 1 heterocycles. The molecule has 126 valence electrons. The highest BCUT2D eigenvalue weighted by molar-refractivity contribution is 5.87. The fraction of sp³-hybridized carbons (Fsp3) is 0.550. The first-order valence-corrected chi connectivity index (χ1v) is 8.98. The average Bonchev–Trinajstić information content (AvgIpc) is 2.57. The number of aliphatic hydroxyl groups excluding tert-OH is 1. The van der Waals surface area contributed by atoms with Crippen molar-refractivity contribution in [1.82, 2.24) is 4.98 Å². The topological polar surface area (TPSA) is 53.4 Å². The third-order valence-corrected chi connectivity index (χ3v) is 4.47. The van der Waals surface area contributed by atoms with Crippen LogP contribution in [0.4, 0.5) is 0 Å². The first kappa shape index (κ1) is 17.7. The number of hydrogen-bond acceptors (Lipinski definition) is 3. The normalized spacial score (nSPS) is 12.6. The van der Waals surface area contributed by atoms with Gasteiger partial charge in [-0.25, -0.2) is 0 Å². The molecular formula is C20H29NO2. The van der Waals surface area contributed by atoms with Gasteiger partial charge in [0.25, 0.3) is 0 Å². The number of phenolic OH excluding ortho intramolecular Hbond substituents is 1. The van der Waals surface area contributed by atoms with E-state index in [1.807, 2.05) is 12.1 Å². The predicted octanol–water partition coefficient (Wildman–Crippen LogP) is 5.50. The largest absolute Gasteiger partial charge is 0.506 e. The maximum absolute atomic E-state index is 10.5. The van der Waals surface area contributed by atoms with E-state index in [0.29, 0.717) is 5.52 Å². The van der Waals surface area contributed by atoms with Gasteiger partial charge in [0.2, 0.25) is 0 Å². The zero-order valence-electron chi connectivity index (χ0n) is 14.2. The molecule has 1 aromatic heterocycles. The molecule has 1 aromatic carbocycles. The lowest BCUT2D eigenvalue weighted by Gasteiger charge is -2.13. The van der Waals surface area contributed by atoms with Crippen molar-refractivity contribution in [2.45, 2.75) is 70.8 Å². The van der Waals surface area contributed by atoms with Crippen molar-refractivity contribution in [3.63, 3.8) is 0 Å². The van der Waals surface area contributed by atoms with Gasteiger partial charge in [-0.2, -0.15) is 0 Å². The van der Waals surface area contributed by atoms with Crippen LogP contribution in [0.15, 0.2) is 30.5 Å². The minimum Gasteiger partial charge on any atom is -0.506 e. The third kappa shape index (κ3) is 5.21. The van der Waals surface area contributed by atoms with Gasteiger partial charge < -0.3 is 10.2 Å². The first-order valence-electron chi connectivity index (χ1n) is 8.98. The average molecular weight is 315 g/mol. The Morgan fingerprint density at radius 3 is 2.39 bits per heavy atom. The molecule has 0 spiro atoms. The number of hydrogen-bond donors (Lipinski definition) is 2. The number of benzene rings is 1.